The van der Waals surface area contributed by atoms with Crippen molar-refractivity contribution in [1.82, 2.24) is 0 Å². The van der Waals surface area contributed by atoms with E-state index < -0.39 is 30.2 Å². The molecule has 0 aliphatic heterocycles. The van der Waals surface area contributed by atoms with Gasteiger partial charge in [0.25, 0.3) is 0 Å². The molecule has 0 spiro atoms. The van der Waals surface area contributed by atoms with Gasteiger partial charge in [-0.15, -0.1) is 0 Å². The highest BCUT2D eigenvalue weighted by molar-refractivity contribution is 7.92. The summed E-state index contributed by atoms with van der Waals surface area (Å²) in [5.74, 6) is 0. The fraction of sp³-hybridized carbons (Fsp3) is 0.231. The number of hydrogen-bond acceptors (Lipinski definition) is 4. The minimum Gasteiger partial charge on any atom is -0.223 e. The predicted octanol–water partition coefficient (Wildman–Crippen LogP) is 4.41. The van der Waals surface area contributed by atoms with E-state index in [-0.39, 0.29) is 9.79 Å². The van der Waals surface area contributed by atoms with Gasteiger partial charge in [0.2, 0.25) is 0 Å². The first kappa shape index (κ1) is 25.2. The Labute approximate surface area is 201 Å². The van der Waals surface area contributed by atoms with E-state index in [1.807, 2.05) is 0 Å². The Kier molecular flexibility index (Phi) is 7.52. The third-order valence-electron chi connectivity index (χ3n) is 6.13. The van der Waals surface area contributed by atoms with Crippen molar-refractivity contribution in [2.45, 2.75) is 48.0 Å². The van der Waals surface area contributed by atoms with Crippen molar-refractivity contribution in [1.29, 1.82) is 0 Å². The molecule has 0 saturated heterocycles. The second-order valence-electron chi connectivity index (χ2n) is 8.06. The third kappa shape index (κ3) is 5.08. The monoisotopic (exact) mass is 502 g/mol. The van der Waals surface area contributed by atoms with E-state index in [0.717, 1.165) is 0 Å². The van der Waals surface area contributed by atoms with Crippen molar-refractivity contribution in [3.8, 4) is 0 Å². The minimum atomic E-state index is -3.64. The number of hydrogen-bond donors (Lipinski definition) is 0. The summed E-state index contributed by atoms with van der Waals surface area (Å²) in [7, 11) is -7.27. The summed E-state index contributed by atoms with van der Waals surface area (Å²) < 4.78 is 52.9. The zero-order chi connectivity index (χ0) is 24.4. The van der Waals surface area contributed by atoms with Crippen molar-refractivity contribution < 1.29 is 16.8 Å². The highest BCUT2D eigenvalue weighted by Gasteiger charge is 2.27. The first-order valence-electron chi connectivity index (χ1n) is 10.5. The van der Waals surface area contributed by atoms with Gasteiger partial charge in [0.05, 0.1) is 20.3 Å². The van der Waals surface area contributed by atoms with Crippen LogP contribution in [0.5, 0.6) is 0 Å². The van der Waals surface area contributed by atoms with Crippen LogP contribution in [0, 0.1) is 0 Å². The van der Waals surface area contributed by atoms with Crippen molar-refractivity contribution in [2.75, 3.05) is 0 Å². The van der Waals surface area contributed by atoms with Crippen LogP contribution in [0.25, 0.3) is 11.1 Å². The Hall–Kier alpha value is -2.41. The first-order valence-corrected chi connectivity index (χ1v) is 14.0. The molecule has 0 aromatic heterocycles. The average Bonchev–Trinajstić information content (AvgIpc) is 2.83. The summed E-state index contributed by atoms with van der Waals surface area (Å²) in [6.07, 6.45) is 0. The van der Waals surface area contributed by atoms with Crippen LogP contribution >= 0.6 is 11.6 Å². The lowest BCUT2D eigenvalue weighted by Crippen LogP contribution is -2.36. The molecule has 33 heavy (non-hydrogen) atoms. The van der Waals surface area contributed by atoms with E-state index in [2.05, 4.69) is 0 Å². The lowest BCUT2D eigenvalue weighted by Gasteiger charge is -2.17. The molecule has 3 rings (SSSR count). The lowest BCUT2D eigenvalue weighted by atomic mass is 10.0. The number of benzene rings is 3. The molecule has 7 heteroatoms. The van der Waals surface area contributed by atoms with Crippen molar-refractivity contribution in [3.05, 3.63) is 94.3 Å². The molecule has 2 unspecified atom stereocenters. The highest BCUT2D eigenvalue weighted by atomic mass is 35.5. The number of sulfone groups is 2. The molecule has 4 nitrogen and oxygen atoms in total. The molecule has 174 valence electrons. The zero-order valence-electron chi connectivity index (χ0n) is 19.0. The van der Waals surface area contributed by atoms with Crippen LogP contribution in [0.15, 0.2) is 88.7 Å². The molecule has 0 radical (unpaired) electrons. The molecule has 0 bridgehead atoms. The Morgan fingerprint density at radius 3 is 1.45 bits per heavy atom. The standard InChI is InChI=1S/C26H27ClO4S2/c1-18(20(3)32(28,29)23-11-7-5-8-12-23)25-16-15-22(27)17-26(25)19(2)21(4)33(30,31)24-13-9-6-10-14-24/h5-17,20-21H,1-4H3. The summed E-state index contributed by atoms with van der Waals surface area (Å²) in [6, 6.07) is 21.7. The summed E-state index contributed by atoms with van der Waals surface area (Å²) in [6.45, 7) is 6.81. The van der Waals surface area contributed by atoms with Crippen LogP contribution in [-0.4, -0.2) is 27.3 Å². The van der Waals surface area contributed by atoms with Crippen LogP contribution < -0.4 is 10.4 Å². The topological polar surface area (TPSA) is 68.3 Å². The number of halogens is 1. The molecule has 3 aromatic carbocycles. The van der Waals surface area contributed by atoms with Crippen LogP contribution in [0.1, 0.15) is 27.7 Å². The molecule has 0 heterocycles. The molecule has 2 atom stereocenters. The molecule has 0 saturated carbocycles. The van der Waals surface area contributed by atoms with E-state index >= 15 is 0 Å². The Balaban J connectivity index is 2.25. The summed E-state index contributed by atoms with van der Waals surface area (Å²) in [5.41, 5.74) is 1.22. The zero-order valence-corrected chi connectivity index (χ0v) is 21.4. The molecular formula is C26H27ClO4S2. The van der Waals surface area contributed by atoms with Crippen molar-refractivity contribution in [2.24, 2.45) is 0 Å². The van der Waals surface area contributed by atoms with Crippen LogP contribution in [-0.2, 0) is 19.7 Å². The Bertz CT molecular complexity index is 1480. The van der Waals surface area contributed by atoms with Gasteiger partial charge in [-0.05, 0) is 85.7 Å². The fourth-order valence-corrected chi connectivity index (χ4v) is 6.97. The SMILES string of the molecule is CC(=c1ccc(Cl)cc1=C(C)C(C)S(=O)(=O)c1ccccc1)C(C)S(=O)(=O)c1ccccc1. The molecule has 0 amide bonds. The average molecular weight is 503 g/mol. The van der Waals surface area contributed by atoms with E-state index in [0.29, 0.717) is 26.6 Å². The van der Waals surface area contributed by atoms with E-state index in [1.165, 1.54) is 0 Å². The van der Waals surface area contributed by atoms with Gasteiger partial charge >= 0.3 is 0 Å². The van der Waals surface area contributed by atoms with Gasteiger partial charge in [-0.2, -0.15) is 0 Å². The largest absolute Gasteiger partial charge is 0.223 e. The van der Waals surface area contributed by atoms with E-state index in [4.69, 9.17) is 11.6 Å². The summed E-state index contributed by atoms with van der Waals surface area (Å²) in [5, 5.41) is 0.101. The maximum Gasteiger partial charge on any atom is 0.184 e. The quantitative estimate of drug-likeness (QED) is 0.501. The minimum absolute atomic E-state index is 0.237. The van der Waals surface area contributed by atoms with Gasteiger partial charge in [0.1, 0.15) is 0 Å². The van der Waals surface area contributed by atoms with Crippen LogP contribution in [0.4, 0.5) is 0 Å². The molecule has 3 aromatic rings. The third-order valence-corrected chi connectivity index (χ3v) is 10.8. The van der Waals surface area contributed by atoms with E-state index in [1.54, 1.807) is 107 Å². The molecule has 0 fully saturated rings. The Morgan fingerprint density at radius 2 is 1.03 bits per heavy atom. The lowest BCUT2D eigenvalue weighted by molar-refractivity contribution is 0.590. The molecular weight excluding hydrogens is 476 g/mol. The smallest absolute Gasteiger partial charge is 0.184 e. The van der Waals surface area contributed by atoms with Gasteiger partial charge in [-0.1, -0.05) is 54.1 Å². The molecule has 0 aliphatic rings. The summed E-state index contributed by atoms with van der Waals surface area (Å²) >= 11 is 6.28. The Morgan fingerprint density at radius 1 is 0.636 bits per heavy atom. The number of rotatable bonds is 6. The fourth-order valence-electron chi connectivity index (χ4n) is 3.72. The maximum absolute atomic E-state index is 13.2. The second-order valence-corrected chi connectivity index (χ2v) is 13.0. The van der Waals surface area contributed by atoms with Gasteiger partial charge in [-0.3, -0.25) is 0 Å². The first-order chi connectivity index (χ1) is 15.5. The van der Waals surface area contributed by atoms with Crippen LogP contribution in [0.3, 0.4) is 0 Å². The summed E-state index contributed by atoms with van der Waals surface area (Å²) in [4.78, 5) is 0.481. The van der Waals surface area contributed by atoms with E-state index in [9.17, 15) is 16.8 Å². The van der Waals surface area contributed by atoms with Crippen LogP contribution in [0.2, 0.25) is 5.02 Å². The van der Waals surface area contributed by atoms with Gasteiger partial charge in [0, 0.05) is 5.02 Å². The van der Waals surface area contributed by atoms with Gasteiger partial charge in [0.15, 0.2) is 19.7 Å². The van der Waals surface area contributed by atoms with Gasteiger partial charge in [-0.25, -0.2) is 16.8 Å². The maximum atomic E-state index is 13.2. The van der Waals surface area contributed by atoms with Gasteiger partial charge < -0.3 is 0 Å². The van der Waals surface area contributed by atoms with Crippen molar-refractivity contribution >= 4 is 42.4 Å². The predicted molar refractivity (Wildman–Crippen MR) is 135 cm³/mol. The second kappa shape index (κ2) is 9.84. The molecule has 0 aliphatic carbocycles. The highest BCUT2D eigenvalue weighted by Crippen LogP contribution is 2.22. The van der Waals surface area contributed by atoms with Crippen molar-refractivity contribution in [3.63, 3.8) is 0 Å². The molecule has 0 N–H and O–H groups in total. The normalized spacial score (nSPS) is 16.0.